The van der Waals surface area contributed by atoms with Gasteiger partial charge in [-0.25, -0.2) is 4.79 Å². The molecule has 1 saturated carbocycles. The van der Waals surface area contributed by atoms with Crippen LogP contribution >= 0.6 is 0 Å². The Morgan fingerprint density at radius 1 is 1.22 bits per heavy atom. The average Bonchev–Trinajstić information content (AvgIpc) is 2.87. The Bertz CT molecular complexity index is 457. The van der Waals surface area contributed by atoms with Crippen LogP contribution in [-0.2, 0) is 14.3 Å². The summed E-state index contributed by atoms with van der Waals surface area (Å²) in [6.45, 7) is 9.26. The minimum atomic E-state index is -0.508. The van der Waals surface area contributed by atoms with Crippen molar-refractivity contribution in [1.82, 2.24) is 16.0 Å². The summed E-state index contributed by atoms with van der Waals surface area (Å²) in [7, 11) is 0. The molecule has 0 aromatic rings. The standard InChI is InChI=1S/C16H27N3O4/c1-5-13(20)18-10-14(21)17-9-11-6-7-12(8-11)19-15(22)23-16(2,3)4/h5,11-12H,1,6-10H2,2-4H3,(H,17,21)(H,18,20)(H,19,22)/t11-,12+/m0/s1. The van der Waals surface area contributed by atoms with Gasteiger partial charge in [-0.15, -0.1) is 0 Å². The molecule has 3 amide bonds. The van der Waals surface area contributed by atoms with E-state index in [4.69, 9.17) is 4.74 Å². The number of carbonyl (C=O) groups is 3. The molecular formula is C16H27N3O4. The molecule has 1 fully saturated rings. The Morgan fingerprint density at radius 3 is 2.52 bits per heavy atom. The molecule has 0 aromatic carbocycles. The molecule has 0 spiro atoms. The van der Waals surface area contributed by atoms with Crippen molar-refractivity contribution < 1.29 is 19.1 Å². The normalized spacial score (nSPS) is 20.5. The van der Waals surface area contributed by atoms with Crippen LogP contribution in [0.5, 0.6) is 0 Å². The maximum Gasteiger partial charge on any atom is 0.407 e. The van der Waals surface area contributed by atoms with Gasteiger partial charge in [0, 0.05) is 12.6 Å². The minimum absolute atomic E-state index is 0.0584. The fraction of sp³-hybridized carbons (Fsp3) is 0.688. The smallest absolute Gasteiger partial charge is 0.407 e. The molecule has 3 N–H and O–H groups in total. The van der Waals surface area contributed by atoms with Crippen LogP contribution in [0.4, 0.5) is 4.79 Å². The van der Waals surface area contributed by atoms with E-state index in [0.29, 0.717) is 12.5 Å². The van der Waals surface area contributed by atoms with E-state index < -0.39 is 11.7 Å². The summed E-state index contributed by atoms with van der Waals surface area (Å²) in [6.07, 6.45) is 3.32. The molecular weight excluding hydrogens is 298 g/mol. The molecule has 0 aliphatic heterocycles. The molecule has 7 heteroatoms. The number of rotatable bonds is 6. The van der Waals surface area contributed by atoms with Crippen LogP contribution in [0.25, 0.3) is 0 Å². The highest BCUT2D eigenvalue weighted by molar-refractivity contribution is 5.90. The maximum atomic E-state index is 11.7. The Morgan fingerprint density at radius 2 is 1.91 bits per heavy atom. The van der Waals surface area contributed by atoms with Gasteiger partial charge in [0.05, 0.1) is 6.54 Å². The highest BCUT2D eigenvalue weighted by Crippen LogP contribution is 2.25. The van der Waals surface area contributed by atoms with Gasteiger partial charge in [-0.2, -0.15) is 0 Å². The third-order valence-electron chi connectivity index (χ3n) is 3.46. The number of nitrogens with one attached hydrogen (secondary N) is 3. The molecule has 1 aliphatic carbocycles. The lowest BCUT2D eigenvalue weighted by molar-refractivity contribution is -0.124. The minimum Gasteiger partial charge on any atom is -0.444 e. The van der Waals surface area contributed by atoms with Crippen molar-refractivity contribution in [3.05, 3.63) is 12.7 Å². The molecule has 0 bridgehead atoms. The van der Waals surface area contributed by atoms with Gasteiger partial charge in [-0.05, 0) is 52.0 Å². The van der Waals surface area contributed by atoms with Crippen LogP contribution < -0.4 is 16.0 Å². The van der Waals surface area contributed by atoms with Gasteiger partial charge in [0.1, 0.15) is 5.60 Å². The predicted octanol–water partition coefficient (Wildman–Crippen LogP) is 1.10. The lowest BCUT2D eigenvalue weighted by atomic mass is 10.1. The van der Waals surface area contributed by atoms with Crippen molar-refractivity contribution in [2.24, 2.45) is 5.92 Å². The van der Waals surface area contributed by atoms with Crippen LogP contribution in [-0.4, -0.2) is 42.6 Å². The SMILES string of the molecule is C=CC(=O)NCC(=O)NC[C@H]1CC[C@@H](NC(=O)OC(C)(C)C)C1. The zero-order chi connectivity index (χ0) is 17.5. The van der Waals surface area contributed by atoms with Gasteiger partial charge in [-0.1, -0.05) is 6.58 Å². The molecule has 0 saturated heterocycles. The van der Waals surface area contributed by atoms with Crippen molar-refractivity contribution >= 4 is 17.9 Å². The summed E-state index contributed by atoms with van der Waals surface area (Å²) in [6, 6.07) is 0.0761. The van der Waals surface area contributed by atoms with E-state index in [9.17, 15) is 14.4 Å². The Hall–Kier alpha value is -2.05. The first-order chi connectivity index (χ1) is 10.7. The van der Waals surface area contributed by atoms with Crippen LogP contribution in [0.15, 0.2) is 12.7 Å². The second-order valence-electron chi connectivity index (χ2n) is 6.75. The van der Waals surface area contributed by atoms with E-state index in [1.807, 2.05) is 20.8 Å². The second kappa shape index (κ2) is 8.55. The summed E-state index contributed by atoms with van der Waals surface area (Å²) in [4.78, 5) is 34.3. The quantitative estimate of drug-likeness (QED) is 0.637. The molecule has 0 unspecified atom stereocenters. The van der Waals surface area contributed by atoms with Crippen molar-refractivity contribution in [1.29, 1.82) is 0 Å². The molecule has 1 rings (SSSR count). The number of ether oxygens (including phenoxy) is 1. The summed E-state index contributed by atoms with van der Waals surface area (Å²) in [5, 5.41) is 8.06. The van der Waals surface area contributed by atoms with E-state index in [1.54, 1.807) is 0 Å². The summed E-state index contributed by atoms with van der Waals surface area (Å²) >= 11 is 0. The van der Waals surface area contributed by atoms with Crippen molar-refractivity contribution in [2.45, 2.75) is 51.7 Å². The van der Waals surface area contributed by atoms with Gasteiger partial charge < -0.3 is 20.7 Å². The molecule has 23 heavy (non-hydrogen) atoms. The first-order valence-electron chi connectivity index (χ1n) is 7.86. The van der Waals surface area contributed by atoms with Crippen molar-refractivity contribution in [2.75, 3.05) is 13.1 Å². The van der Waals surface area contributed by atoms with Gasteiger partial charge in [-0.3, -0.25) is 9.59 Å². The van der Waals surface area contributed by atoms with Crippen LogP contribution in [0.1, 0.15) is 40.0 Å². The van der Waals surface area contributed by atoms with Crippen LogP contribution in [0.3, 0.4) is 0 Å². The fourth-order valence-electron chi connectivity index (χ4n) is 2.43. The fourth-order valence-corrected chi connectivity index (χ4v) is 2.43. The van der Waals surface area contributed by atoms with Gasteiger partial charge in [0.2, 0.25) is 11.8 Å². The highest BCUT2D eigenvalue weighted by atomic mass is 16.6. The summed E-state index contributed by atoms with van der Waals surface area (Å²) in [5.74, 6) is -0.291. The topological polar surface area (TPSA) is 96.5 Å². The molecule has 0 radical (unpaired) electrons. The maximum absolute atomic E-state index is 11.7. The lowest BCUT2D eigenvalue weighted by Gasteiger charge is -2.21. The largest absolute Gasteiger partial charge is 0.444 e. The Labute approximate surface area is 137 Å². The van der Waals surface area contributed by atoms with Crippen LogP contribution in [0, 0.1) is 5.92 Å². The lowest BCUT2D eigenvalue weighted by Crippen LogP contribution is -2.39. The number of alkyl carbamates (subject to hydrolysis) is 1. The molecule has 0 heterocycles. The van der Waals surface area contributed by atoms with Crippen LogP contribution in [0.2, 0.25) is 0 Å². The van der Waals surface area contributed by atoms with E-state index in [1.165, 1.54) is 0 Å². The van der Waals surface area contributed by atoms with E-state index >= 15 is 0 Å². The van der Waals surface area contributed by atoms with Gasteiger partial charge >= 0.3 is 6.09 Å². The number of carbonyl (C=O) groups excluding carboxylic acids is 3. The van der Waals surface area contributed by atoms with Gasteiger partial charge in [0.25, 0.3) is 0 Å². The predicted molar refractivity (Wildman–Crippen MR) is 86.7 cm³/mol. The molecule has 7 nitrogen and oxygen atoms in total. The first kappa shape index (κ1) is 19.0. The van der Waals surface area contributed by atoms with E-state index in [2.05, 4.69) is 22.5 Å². The van der Waals surface area contributed by atoms with Crippen molar-refractivity contribution in [3.8, 4) is 0 Å². The third kappa shape index (κ3) is 8.23. The van der Waals surface area contributed by atoms with Crippen molar-refractivity contribution in [3.63, 3.8) is 0 Å². The Balaban J connectivity index is 2.22. The molecule has 2 atom stereocenters. The number of hydrogen-bond donors (Lipinski definition) is 3. The molecule has 0 aromatic heterocycles. The zero-order valence-corrected chi connectivity index (χ0v) is 14.1. The summed E-state index contributed by atoms with van der Waals surface area (Å²) in [5.41, 5.74) is -0.508. The Kier molecular flexibility index (Phi) is 7.06. The van der Waals surface area contributed by atoms with Gasteiger partial charge in [0.15, 0.2) is 0 Å². The average molecular weight is 325 g/mol. The first-order valence-corrected chi connectivity index (χ1v) is 7.86. The number of amides is 3. The van der Waals surface area contributed by atoms with E-state index in [-0.39, 0.29) is 24.4 Å². The summed E-state index contributed by atoms with van der Waals surface area (Å²) < 4.78 is 5.23. The highest BCUT2D eigenvalue weighted by Gasteiger charge is 2.27. The molecule has 1 aliphatic rings. The number of hydrogen-bond acceptors (Lipinski definition) is 4. The monoisotopic (exact) mass is 325 g/mol. The zero-order valence-electron chi connectivity index (χ0n) is 14.1. The molecule has 130 valence electrons. The second-order valence-corrected chi connectivity index (χ2v) is 6.75. The van der Waals surface area contributed by atoms with E-state index in [0.717, 1.165) is 25.3 Å². The third-order valence-corrected chi connectivity index (χ3v) is 3.46.